The van der Waals surface area contributed by atoms with Crippen LogP contribution in [0.25, 0.3) is 5.69 Å². The highest BCUT2D eigenvalue weighted by Crippen LogP contribution is 2.30. The maximum absolute atomic E-state index is 13.9. The van der Waals surface area contributed by atoms with Gasteiger partial charge < -0.3 is 19.9 Å². The van der Waals surface area contributed by atoms with E-state index in [2.05, 4.69) is 21.2 Å². The van der Waals surface area contributed by atoms with Crippen LogP contribution in [-0.2, 0) is 24.4 Å². The molecule has 1 atom stereocenters. The third-order valence-electron chi connectivity index (χ3n) is 8.05. The predicted octanol–water partition coefficient (Wildman–Crippen LogP) is 5.41. The zero-order valence-corrected chi connectivity index (χ0v) is 26.6. The Kier molecular flexibility index (Phi) is 8.99. The number of carbonyl (C=O) groups is 2. The molecule has 1 fully saturated rings. The number of hydrogen-bond acceptors (Lipinski definition) is 5. The van der Waals surface area contributed by atoms with Gasteiger partial charge in [-0.2, -0.15) is 13.2 Å². The molecule has 1 saturated heterocycles. The van der Waals surface area contributed by atoms with Gasteiger partial charge in [-0.3, -0.25) is 18.7 Å². The molecule has 46 heavy (non-hydrogen) atoms. The minimum Gasteiger partial charge on any atom is -0.366 e. The maximum Gasteiger partial charge on any atom is 0.416 e. The molecule has 0 unspecified atom stereocenters. The number of imidazole rings is 1. The van der Waals surface area contributed by atoms with E-state index < -0.39 is 23.9 Å². The number of alkyl halides is 3. The van der Waals surface area contributed by atoms with E-state index in [1.54, 1.807) is 52.3 Å². The van der Waals surface area contributed by atoms with Gasteiger partial charge in [-0.1, -0.05) is 41.9 Å². The Hall–Kier alpha value is -4.07. The largest absolute Gasteiger partial charge is 0.416 e. The molecule has 6 rings (SSSR count). The van der Waals surface area contributed by atoms with Crippen molar-refractivity contribution in [2.45, 2.75) is 31.9 Å². The van der Waals surface area contributed by atoms with Crippen molar-refractivity contribution in [3.8, 4) is 5.69 Å². The second-order valence-electron chi connectivity index (χ2n) is 11.0. The number of aromatic nitrogens is 2. The Balaban J connectivity index is 1.34. The number of hydrogen-bond donors (Lipinski definition) is 1. The quantitative estimate of drug-likeness (QED) is 0.288. The summed E-state index contributed by atoms with van der Waals surface area (Å²) in [6.45, 7) is 0.413. The Labute approximate surface area is 275 Å². The molecule has 0 saturated carbocycles. The molecule has 0 aliphatic carbocycles. The molecule has 3 aromatic carbocycles. The van der Waals surface area contributed by atoms with Gasteiger partial charge in [0.05, 0.1) is 36.1 Å². The van der Waals surface area contributed by atoms with Crippen LogP contribution < -0.4 is 15.9 Å². The third kappa shape index (κ3) is 6.44. The van der Waals surface area contributed by atoms with Crippen LogP contribution in [0, 0.1) is 0 Å². The highest BCUT2D eigenvalue weighted by molar-refractivity contribution is 9.10. The number of fused-ring (bicyclic) bond motifs is 1. The highest BCUT2D eigenvalue weighted by Gasteiger charge is 2.43. The van der Waals surface area contributed by atoms with Gasteiger partial charge in [0.1, 0.15) is 5.69 Å². The first-order chi connectivity index (χ1) is 22.0. The van der Waals surface area contributed by atoms with Gasteiger partial charge in [0, 0.05) is 41.9 Å². The monoisotopic (exact) mass is 717 g/mol. The van der Waals surface area contributed by atoms with Crippen LogP contribution in [0.15, 0.2) is 82.1 Å². The van der Waals surface area contributed by atoms with Gasteiger partial charge in [-0.25, -0.2) is 4.79 Å². The fourth-order valence-electron chi connectivity index (χ4n) is 5.67. The Morgan fingerprint density at radius 1 is 0.978 bits per heavy atom. The normalized spacial score (nSPS) is 16.7. The molecule has 0 radical (unpaired) electrons. The summed E-state index contributed by atoms with van der Waals surface area (Å²) in [6.07, 6.45) is -6.39. The summed E-state index contributed by atoms with van der Waals surface area (Å²) in [5, 5.41) is 3.27. The molecule has 1 N–H and O–H groups in total. The number of halogens is 5. The fraction of sp³-hybridized carbons (Fsp3) is 0.281. The minimum absolute atomic E-state index is 0.00641. The Bertz CT molecular complexity index is 1830. The standard InChI is InChI=1S/C32H28BrClF3N5O4/c33-24-11-6-21(16-25(24)34)30(44)40-12-13-41-26(18-40)28(29(43)38-17-20-4-2-1-3-5-20)42(31(41)45)23-9-7-22(8-10-23)39-14-15-46-27(19-39)32(35,36)37/h1-11,16,27H,12-15,17-19H2,(H,38,43)/t27-/m1/s1. The first kappa shape index (κ1) is 31.9. The summed E-state index contributed by atoms with van der Waals surface area (Å²) < 4.78 is 48.3. The lowest BCUT2D eigenvalue weighted by molar-refractivity contribution is -0.221. The van der Waals surface area contributed by atoms with Crippen LogP contribution >= 0.6 is 27.5 Å². The van der Waals surface area contributed by atoms with Crippen molar-refractivity contribution in [1.82, 2.24) is 19.4 Å². The molecule has 2 aliphatic rings. The number of amides is 2. The molecule has 240 valence electrons. The van der Waals surface area contributed by atoms with Crippen LogP contribution in [-0.4, -0.2) is 64.4 Å². The number of carbonyl (C=O) groups excluding carboxylic acids is 2. The van der Waals surface area contributed by atoms with Crippen molar-refractivity contribution in [1.29, 1.82) is 0 Å². The van der Waals surface area contributed by atoms with Gasteiger partial charge in [-0.05, 0) is 64.0 Å². The lowest BCUT2D eigenvalue weighted by atomic mass is 10.1. The molecule has 9 nitrogen and oxygen atoms in total. The molecular formula is C32H28BrClF3N5O4. The van der Waals surface area contributed by atoms with Crippen LogP contribution in [0.3, 0.4) is 0 Å². The van der Waals surface area contributed by atoms with Crippen molar-refractivity contribution in [2.24, 2.45) is 0 Å². The van der Waals surface area contributed by atoms with Gasteiger partial charge in [-0.15, -0.1) is 0 Å². The first-order valence-corrected chi connectivity index (χ1v) is 15.6. The average Bonchev–Trinajstić information content (AvgIpc) is 3.36. The van der Waals surface area contributed by atoms with E-state index in [0.717, 1.165) is 5.56 Å². The summed E-state index contributed by atoms with van der Waals surface area (Å²) in [5.41, 5.74) is 2.08. The smallest absolute Gasteiger partial charge is 0.366 e. The Morgan fingerprint density at radius 2 is 1.70 bits per heavy atom. The topological polar surface area (TPSA) is 88.8 Å². The lowest BCUT2D eigenvalue weighted by Gasteiger charge is -2.35. The first-order valence-electron chi connectivity index (χ1n) is 14.5. The molecule has 4 aromatic rings. The van der Waals surface area contributed by atoms with Crippen molar-refractivity contribution >= 4 is 45.0 Å². The zero-order chi connectivity index (χ0) is 32.6. The molecule has 3 heterocycles. The summed E-state index contributed by atoms with van der Waals surface area (Å²) in [7, 11) is 0. The number of rotatable bonds is 6. The van der Waals surface area contributed by atoms with Crippen molar-refractivity contribution in [2.75, 3.05) is 31.1 Å². The zero-order valence-electron chi connectivity index (χ0n) is 24.3. The maximum atomic E-state index is 13.9. The number of nitrogens with zero attached hydrogens (tertiary/aromatic N) is 4. The molecule has 1 aromatic heterocycles. The summed E-state index contributed by atoms with van der Waals surface area (Å²) in [5.74, 6) is -0.815. The number of nitrogens with one attached hydrogen (secondary N) is 1. The van der Waals surface area contributed by atoms with Crippen LogP contribution in [0.2, 0.25) is 5.02 Å². The fourth-order valence-corrected chi connectivity index (χ4v) is 6.10. The van der Waals surface area contributed by atoms with E-state index in [1.165, 1.54) is 9.13 Å². The van der Waals surface area contributed by atoms with Crippen LogP contribution in [0.4, 0.5) is 18.9 Å². The SMILES string of the molecule is O=C(NCc1ccccc1)c1c2n(c(=O)n1-c1ccc(N3CCO[C@@H](C(F)(F)F)C3)cc1)CCN(C(=O)c1ccc(Br)c(Cl)c1)C2. The van der Waals surface area contributed by atoms with Crippen molar-refractivity contribution in [3.63, 3.8) is 0 Å². The minimum atomic E-state index is -4.49. The average molecular weight is 719 g/mol. The third-order valence-corrected chi connectivity index (χ3v) is 9.28. The lowest BCUT2D eigenvalue weighted by Crippen LogP contribution is -2.49. The Morgan fingerprint density at radius 3 is 2.39 bits per heavy atom. The second kappa shape index (κ2) is 13.0. The van der Waals surface area contributed by atoms with Gasteiger partial charge >= 0.3 is 11.9 Å². The van der Waals surface area contributed by atoms with Crippen LogP contribution in [0.1, 0.15) is 32.1 Å². The van der Waals surface area contributed by atoms with Crippen LogP contribution in [0.5, 0.6) is 0 Å². The predicted molar refractivity (Wildman–Crippen MR) is 170 cm³/mol. The van der Waals surface area contributed by atoms with E-state index >= 15 is 0 Å². The number of morpholine rings is 1. The van der Waals surface area contributed by atoms with E-state index in [4.69, 9.17) is 16.3 Å². The van der Waals surface area contributed by atoms with Crippen molar-refractivity contribution in [3.05, 3.63) is 115 Å². The summed E-state index contributed by atoms with van der Waals surface area (Å²) in [6, 6.07) is 20.6. The highest BCUT2D eigenvalue weighted by atomic mass is 79.9. The number of anilines is 1. The van der Waals surface area contributed by atoms with E-state index in [1.807, 2.05) is 30.3 Å². The van der Waals surface area contributed by atoms with Gasteiger partial charge in [0.25, 0.3) is 11.8 Å². The number of ether oxygens (including phenoxy) is 1. The molecule has 2 aliphatic heterocycles. The second-order valence-corrected chi connectivity index (χ2v) is 12.2. The number of benzene rings is 3. The molecule has 2 amide bonds. The molecule has 0 bridgehead atoms. The van der Waals surface area contributed by atoms with E-state index in [-0.39, 0.29) is 57.5 Å². The molecule has 14 heteroatoms. The van der Waals surface area contributed by atoms with Gasteiger partial charge in [0.15, 0.2) is 6.10 Å². The molecule has 0 spiro atoms. The summed E-state index contributed by atoms with van der Waals surface area (Å²) in [4.78, 5) is 44.3. The van der Waals surface area contributed by atoms with E-state index in [0.29, 0.717) is 32.1 Å². The summed E-state index contributed by atoms with van der Waals surface area (Å²) >= 11 is 9.56. The van der Waals surface area contributed by atoms with E-state index in [9.17, 15) is 27.6 Å². The van der Waals surface area contributed by atoms with Crippen molar-refractivity contribution < 1.29 is 27.5 Å². The molecular weight excluding hydrogens is 691 g/mol. The van der Waals surface area contributed by atoms with Gasteiger partial charge in [0.2, 0.25) is 0 Å².